The molecule has 0 aliphatic carbocycles. The third-order valence-corrected chi connectivity index (χ3v) is 6.03. The molecule has 6 nitrogen and oxygen atoms in total. The third-order valence-electron chi connectivity index (χ3n) is 6.03. The fourth-order valence-corrected chi connectivity index (χ4v) is 4.12. The van der Waals surface area contributed by atoms with E-state index in [4.69, 9.17) is 0 Å². The molecule has 0 spiro atoms. The Morgan fingerprint density at radius 2 is 1.79 bits per heavy atom. The minimum Gasteiger partial charge on any atom is -0.342 e. The fraction of sp³-hybridized carbons (Fsp3) is 0.148. The summed E-state index contributed by atoms with van der Waals surface area (Å²) in [5.41, 5.74) is 4.97. The van der Waals surface area contributed by atoms with E-state index >= 15 is 0 Å². The molecular weight excluding hydrogens is 431 g/mol. The standard InChI is InChI=1S/C27H23FN4O2/c1-17-8-10-21(12-18(17)2)29-25(33)16-32-27(34)23-15-31(14-19-6-4-3-5-7-19)24-11-9-20(28)13-22(24)26(23)30-32/h3-13,15H,14,16H2,1-2H3,(H,29,33). The van der Waals surface area contributed by atoms with Gasteiger partial charge in [0, 0.05) is 23.8 Å². The van der Waals surface area contributed by atoms with E-state index in [2.05, 4.69) is 10.4 Å². The Bertz CT molecular complexity index is 1550. The van der Waals surface area contributed by atoms with Crippen LogP contribution in [0.3, 0.4) is 0 Å². The Morgan fingerprint density at radius 3 is 2.56 bits per heavy atom. The number of rotatable bonds is 5. The number of benzene rings is 3. The van der Waals surface area contributed by atoms with E-state index in [0.717, 1.165) is 26.9 Å². The zero-order valence-corrected chi connectivity index (χ0v) is 18.9. The van der Waals surface area contributed by atoms with Crippen LogP contribution in [0.4, 0.5) is 10.1 Å². The Balaban J connectivity index is 1.53. The minimum absolute atomic E-state index is 0.240. The highest BCUT2D eigenvalue weighted by atomic mass is 19.1. The highest BCUT2D eigenvalue weighted by molar-refractivity contribution is 5.94. The van der Waals surface area contributed by atoms with Crippen LogP contribution < -0.4 is 10.9 Å². The number of carbonyl (C=O) groups excluding carboxylic acids is 1. The summed E-state index contributed by atoms with van der Waals surface area (Å²) in [6.45, 7) is 4.24. The second-order valence-electron chi connectivity index (χ2n) is 8.48. The summed E-state index contributed by atoms with van der Waals surface area (Å²) in [6, 6.07) is 19.9. The molecule has 1 amide bonds. The van der Waals surface area contributed by atoms with Crippen molar-refractivity contribution >= 4 is 22.5 Å². The lowest BCUT2D eigenvalue weighted by Crippen LogP contribution is -2.26. The van der Waals surface area contributed by atoms with Crippen molar-refractivity contribution in [2.24, 2.45) is 0 Å². The molecule has 7 heteroatoms. The topological polar surface area (TPSA) is 68.9 Å². The summed E-state index contributed by atoms with van der Waals surface area (Å²) in [5.74, 6) is -0.776. The number of anilines is 1. The number of pyridine rings is 1. The Morgan fingerprint density at radius 1 is 1.00 bits per heavy atom. The lowest BCUT2D eigenvalue weighted by atomic mass is 10.1. The van der Waals surface area contributed by atoms with Crippen molar-refractivity contribution in [2.75, 3.05) is 5.32 Å². The molecule has 0 fully saturated rings. The van der Waals surface area contributed by atoms with Crippen molar-refractivity contribution in [1.29, 1.82) is 0 Å². The van der Waals surface area contributed by atoms with Gasteiger partial charge in [-0.2, -0.15) is 5.10 Å². The highest BCUT2D eigenvalue weighted by Crippen LogP contribution is 2.28. The van der Waals surface area contributed by atoms with Crippen LogP contribution >= 0.6 is 0 Å². The SMILES string of the molecule is Cc1ccc(NC(=O)Cn2nc3c4cc(F)ccc4n(Cc4ccccc4)cc-3c2=O)cc1C. The first-order valence-electron chi connectivity index (χ1n) is 11.0. The van der Waals surface area contributed by atoms with E-state index in [-0.39, 0.29) is 12.5 Å². The van der Waals surface area contributed by atoms with Crippen LogP contribution in [0.5, 0.6) is 0 Å². The van der Waals surface area contributed by atoms with Gasteiger partial charge in [-0.15, -0.1) is 0 Å². The van der Waals surface area contributed by atoms with E-state index in [0.29, 0.717) is 28.9 Å². The molecule has 3 aromatic carbocycles. The van der Waals surface area contributed by atoms with Crippen LogP contribution in [-0.2, 0) is 17.9 Å². The normalized spacial score (nSPS) is 11.3. The number of hydrogen-bond donors (Lipinski definition) is 1. The first kappa shape index (κ1) is 21.6. The first-order valence-corrected chi connectivity index (χ1v) is 11.0. The number of amides is 1. The molecule has 0 bridgehead atoms. The first-order chi connectivity index (χ1) is 16.4. The van der Waals surface area contributed by atoms with Crippen LogP contribution in [0.1, 0.15) is 16.7 Å². The molecular formula is C27H23FN4O2. The average Bonchev–Trinajstić information content (AvgIpc) is 3.12. The number of fused-ring (bicyclic) bond motifs is 3. The van der Waals surface area contributed by atoms with Gasteiger partial charge in [-0.1, -0.05) is 36.4 Å². The lowest BCUT2D eigenvalue weighted by Gasteiger charge is -2.14. The van der Waals surface area contributed by atoms with Gasteiger partial charge < -0.3 is 9.88 Å². The number of aromatic nitrogens is 3. The number of halogens is 1. The fourth-order valence-electron chi connectivity index (χ4n) is 4.12. The summed E-state index contributed by atoms with van der Waals surface area (Å²) in [6.07, 6.45) is 1.73. The highest BCUT2D eigenvalue weighted by Gasteiger charge is 2.22. The van der Waals surface area contributed by atoms with Gasteiger partial charge >= 0.3 is 0 Å². The van der Waals surface area contributed by atoms with Crippen molar-refractivity contribution in [2.45, 2.75) is 26.9 Å². The maximum atomic E-state index is 14.2. The molecule has 34 heavy (non-hydrogen) atoms. The average molecular weight is 455 g/mol. The van der Waals surface area contributed by atoms with Gasteiger partial charge in [0.2, 0.25) is 5.91 Å². The molecule has 170 valence electrons. The zero-order valence-electron chi connectivity index (χ0n) is 18.9. The largest absolute Gasteiger partial charge is 0.342 e. The predicted octanol–water partition coefficient (Wildman–Crippen LogP) is 4.75. The molecule has 3 aromatic rings. The van der Waals surface area contributed by atoms with E-state index < -0.39 is 11.4 Å². The quantitative estimate of drug-likeness (QED) is 0.417. The van der Waals surface area contributed by atoms with Crippen LogP contribution in [-0.4, -0.2) is 20.3 Å². The molecule has 0 radical (unpaired) electrons. The molecule has 2 heterocycles. The smallest absolute Gasteiger partial charge is 0.278 e. The van der Waals surface area contributed by atoms with Gasteiger partial charge in [-0.25, -0.2) is 9.07 Å². The second-order valence-corrected chi connectivity index (χ2v) is 8.48. The predicted molar refractivity (Wildman–Crippen MR) is 131 cm³/mol. The monoisotopic (exact) mass is 454 g/mol. The molecule has 2 aliphatic heterocycles. The van der Waals surface area contributed by atoms with Gasteiger partial charge in [0.15, 0.2) is 0 Å². The van der Waals surface area contributed by atoms with Crippen molar-refractivity contribution in [3.05, 3.63) is 106 Å². The number of carbonyl (C=O) groups is 1. The van der Waals surface area contributed by atoms with E-state index in [1.807, 2.05) is 66.9 Å². The summed E-state index contributed by atoms with van der Waals surface area (Å²) in [4.78, 5) is 25.8. The van der Waals surface area contributed by atoms with Crippen molar-refractivity contribution in [1.82, 2.24) is 14.3 Å². The van der Waals surface area contributed by atoms with Crippen LogP contribution in [0.15, 0.2) is 77.7 Å². The second kappa shape index (κ2) is 8.59. The molecule has 0 saturated heterocycles. The van der Waals surface area contributed by atoms with E-state index in [1.54, 1.807) is 12.3 Å². The van der Waals surface area contributed by atoms with Crippen LogP contribution in [0, 0.1) is 19.7 Å². The number of nitrogens with one attached hydrogen (secondary N) is 1. The maximum Gasteiger partial charge on any atom is 0.278 e. The lowest BCUT2D eigenvalue weighted by molar-refractivity contribution is -0.116. The number of aryl methyl sites for hydroxylation is 2. The number of hydrogen-bond acceptors (Lipinski definition) is 3. The summed E-state index contributed by atoms with van der Waals surface area (Å²) in [7, 11) is 0. The molecule has 0 aromatic heterocycles. The summed E-state index contributed by atoms with van der Waals surface area (Å²) < 4.78 is 17.2. The molecule has 0 saturated carbocycles. The summed E-state index contributed by atoms with van der Waals surface area (Å²) in [5, 5.41) is 7.75. The third kappa shape index (κ3) is 4.08. The Kier molecular flexibility index (Phi) is 5.45. The zero-order chi connectivity index (χ0) is 23.8. The minimum atomic E-state index is -0.416. The van der Waals surface area contributed by atoms with Crippen LogP contribution in [0.2, 0.25) is 0 Å². The van der Waals surface area contributed by atoms with Gasteiger partial charge in [0.1, 0.15) is 18.1 Å². The maximum absolute atomic E-state index is 14.2. The van der Waals surface area contributed by atoms with Crippen molar-refractivity contribution in [3.8, 4) is 11.3 Å². The van der Waals surface area contributed by atoms with E-state index in [1.165, 1.54) is 12.1 Å². The summed E-state index contributed by atoms with van der Waals surface area (Å²) >= 11 is 0. The Labute approximate surface area is 195 Å². The van der Waals surface area contributed by atoms with Gasteiger partial charge in [0.05, 0.1) is 11.1 Å². The molecule has 1 N–H and O–H groups in total. The Hall–Kier alpha value is -4.26. The van der Waals surface area contributed by atoms with Crippen LogP contribution in [0.25, 0.3) is 22.2 Å². The van der Waals surface area contributed by atoms with Gasteiger partial charge in [-0.3, -0.25) is 9.59 Å². The number of nitrogens with zero attached hydrogens (tertiary/aromatic N) is 3. The van der Waals surface area contributed by atoms with Gasteiger partial charge in [-0.05, 0) is 60.9 Å². The van der Waals surface area contributed by atoms with E-state index in [9.17, 15) is 14.0 Å². The molecule has 2 aliphatic rings. The molecule has 5 rings (SSSR count). The van der Waals surface area contributed by atoms with Gasteiger partial charge in [0.25, 0.3) is 5.56 Å². The molecule has 0 unspecified atom stereocenters. The molecule has 0 atom stereocenters. The van der Waals surface area contributed by atoms with Crippen molar-refractivity contribution in [3.63, 3.8) is 0 Å². The van der Waals surface area contributed by atoms with Crippen molar-refractivity contribution < 1.29 is 9.18 Å².